The normalized spacial score (nSPS) is 11.0. The van der Waals surface area contributed by atoms with Crippen LogP contribution in [-0.4, -0.2) is 30.6 Å². The molecule has 3 aromatic carbocycles. The van der Waals surface area contributed by atoms with Crippen LogP contribution in [0.4, 0.5) is 8.78 Å². The van der Waals surface area contributed by atoms with Gasteiger partial charge in [-0.15, -0.1) is 0 Å². The first-order valence-electron chi connectivity index (χ1n) is 13.0. The van der Waals surface area contributed by atoms with Crippen molar-refractivity contribution in [2.75, 3.05) is 0 Å². The van der Waals surface area contributed by atoms with Crippen LogP contribution in [0.25, 0.3) is 22.3 Å². The standard InChI is InChI=1S/C32H21F2N5O4/c33-25-10-19(14-35)4-5-23(25)17-42-31-3-1-2-27(38-31)21-7-6-20(26(34)11-21)13-30-37-28-9-8-22(32(40)41)12-29(28)39(30)16-24-15-36-18-43-24/h1-12,15,18H,13,16-17H2,(H,40,41). The summed E-state index contributed by atoms with van der Waals surface area (Å²) in [5.74, 6) is -0.815. The molecule has 0 spiro atoms. The lowest BCUT2D eigenvalue weighted by Crippen LogP contribution is -2.07. The average Bonchev–Trinajstić information content (AvgIpc) is 3.65. The van der Waals surface area contributed by atoms with E-state index < -0.39 is 17.6 Å². The molecule has 0 saturated carbocycles. The summed E-state index contributed by atoms with van der Waals surface area (Å²) in [7, 11) is 0. The molecular weight excluding hydrogens is 556 g/mol. The van der Waals surface area contributed by atoms with Gasteiger partial charge in [0.05, 0.1) is 46.7 Å². The molecule has 6 aromatic rings. The van der Waals surface area contributed by atoms with Gasteiger partial charge in [0.2, 0.25) is 5.88 Å². The van der Waals surface area contributed by atoms with Crippen LogP contribution < -0.4 is 4.74 Å². The molecule has 212 valence electrons. The number of oxazole rings is 1. The number of ether oxygens (including phenoxy) is 1. The van der Waals surface area contributed by atoms with Crippen LogP contribution >= 0.6 is 0 Å². The van der Waals surface area contributed by atoms with Gasteiger partial charge in [-0.2, -0.15) is 5.26 Å². The largest absolute Gasteiger partial charge is 0.478 e. The third kappa shape index (κ3) is 5.80. The molecule has 0 aliphatic rings. The average molecular weight is 578 g/mol. The molecule has 43 heavy (non-hydrogen) atoms. The van der Waals surface area contributed by atoms with Gasteiger partial charge in [-0.3, -0.25) is 0 Å². The fourth-order valence-corrected chi connectivity index (χ4v) is 4.66. The number of hydrogen-bond acceptors (Lipinski definition) is 7. The summed E-state index contributed by atoms with van der Waals surface area (Å²) in [5, 5.41) is 18.4. The van der Waals surface area contributed by atoms with E-state index in [0.717, 1.165) is 6.07 Å². The Labute approximate surface area is 243 Å². The molecule has 0 bridgehead atoms. The van der Waals surface area contributed by atoms with E-state index in [2.05, 4.69) is 15.0 Å². The number of aromatic nitrogens is 4. The fourth-order valence-electron chi connectivity index (χ4n) is 4.66. The van der Waals surface area contributed by atoms with Crippen LogP contribution in [0.3, 0.4) is 0 Å². The van der Waals surface area contributed by atoms with E-state index in [-0.39, 0.29) is 42.1 Å². The van der Waals surface area contributed by atoms with Gasteiger partial charge in [-0.25, -0.2) is 28.5 Å². The van der Waals surface area contributed by atoms with Gasteiger partial charge < -0.3 is 18.8 Å². The molecule has 11 heteroatoms. The second-order valence-corrected chi connectivity index (χ2v) is 9.64. The van der Waals surface area contributed by atoms with Crippen LogP contribution in [0, 0.1) is 23.0 Å². The highest BCUT2D eigenvalue weighted by Crippen LogP contribution is 2.26. The molecule has 9 nitrogen and oxygen atoms in total. The van der Waals surface area contributed by atoms with Gasteiger partial charge >= 0.3 is 5.97 Å². The van der Waals surface area contributed by atoms with Crippen molar-refractivity contribution in [2.45, 2.75) is 19.6 Å². The van der Waals surface area contributed by atoms with Gasteiger partial charge in [0.25, 0.3) is 0 Å². The summed E-state index contributed by atoms with van der Waals surface area (Å²) < 4.78 is 42.5. The van der Waals surface area contributed by atoms with Crippen molar-refractivity contribution < 1.29 is 27.8 Å². The van der Waals surface area contributed by atoms with E-state index in [0.29, 0.717) is 39.4 Å². The van der Waals surface area contributed by atoms with Crippen molar-refractivity contribution in [3.05, 3.63) is 131 Å². The number of nitriles is 1. The minimum atomic E-state index is -1.07. The Bertz CT molecular complexity index is 2020. The summed E-state index contributed by atoms with van der Waals surface area (Å²) in [5.41, 5.74) is 3.08. The SMILES string of the molecule is N#Cc1ccc(COc2cccc(-c3ccc(Cc4nc5ccc(C(=O)O)cc5n4Cc4cnco4)c(F)c3)n2)c(F)c1. The van der Waals surface area contributed by atoms with E-state index in [1.165, 1.54) is 36.7 Å². The predicted octanol–water partition coefficient (Wildman–Crippen LogP) is 6.15. The summed E-state index contributed by atoms with van der Waals surface area (Å²) in [6.07, 6.45) is 2.98. The van der Waals surface area contributed by atoms with Crippen LogP contribution in [0.5, 0.6) is 5.88 Å². The first-order valence-corrected chi connectivity index (χ1v) is 13.0. The third-order valence-electron chi connectivity index (χ3n) is 6.85. The summed E-state index contributed by atoms with van der Waals surface area (Å²) >= 11 is 0. The maximum atomic E-state index is 15.5. The molecule has 6 rings (SSSR count). The number of benzene rings is 3. The molecule has 1 N–H and O–H groups in total. The Morgan fingerprint density at radius 3 is 2.58 bits per heavy atom. The lowest BCUT2D eigenvalue weighted by atomic mass is 10.1. The highest BCUT2D eigenvalue weighted by atomic mass is 19.1. The van der Waals surface area contributed by atoms with Crippen LogP contribution in [0.1, 0.15) is 38.6 Å². The molecule has 0 atom stereocenters. The molecule has 0 fully saturated rings. The number of carboxylic acid groups (broad SMARTS) is 1. The molecule has 0 amide bonds. The Morgan fingerprint density at radius 2 is 1.84 bits per heavy atom. The Kier molecular flexibility index (Phi) is 7.32. The smallest absolute Gasteiger partial charge is 0.335 e. The molecule has 0 saturated heterocycles. The zero-order chi connectivity index (χ0) is 29.9. The van der Waals surface area contributed by atoms with Crippen molar-refractivity contribution in [3.63, 3.8) is 0 Å². The number of rotatable bonds is 9. The predicted molar refractivity (Wildman–Crippen MR) is 150 cm³/mol. The quantitative estimate of drug-likeness (QED) is 0.217. The van der Waals surface area contributed by atoms with Crippen molar-refractivity contribution >= 4 is 17.0 Å². The number of imidazole rings is 1. The highest BCUT2D eigenvalue weighted by Gasteiger charge is 2.17. The van der Waals surface area contributed by atoms with Crippen molar-refractivity contribution in [2.24, 2.45) is 0 Å². The van der Waals surface area contributed by atoms with Crippen molar-refractivity contribution in [1.29, 1.82) is 5.26 Å². The maximum Gasteiger partial charge on any atom is 0.335 e. The highest BCUT2D eigenvalue weighted by molar-refractivity contribution is 5.92. The van der Waals surface area contributed by atoms with Crippen LogP contribution in [0.15, 0.2) is 89.8 Å². The molecule has 0 radical (unpaired) electrons. The van der Waals surface area contributed by atoms with Crippen molar-refractivity contribution in [3.8, 4) is 23.2 Å². The van der Waals surface area contributed by atoms with Crippen molar-refractivity contribution in [1.82, 2.24) is 19.5 Å². The van der Waals surface area contributed by atoms with Gasteiger partial charge in [0, 0.05) is 23.6 Å². The number of halogens is 2. The van der Waals surface area contributed by atoms with E-state index in [1.807, 2.05) is 6.07 Å². The Hall–Kier alpha value is -5.89. The van der Waals surface area contributed by atoms with Gasteiger partial charge in [0.1, 0.15) is 29.8 Å². The molecule has 3 aromatic heterocycles. The first kappa shape index (κ1) is 27.3. The Balaban J connectivity index is 1.25. The van der Waals surface area contributed by atoms with Crippen LogP contribution in [0.2, 0.25) is 0 Å². The fraction of sp³-hybridized carbons (Fsp3) is 0.0938. The number of aromatic carboxylic acids is 1. The lowest BCUT2D eigenvalue weighted by Gasteiger charge is -2.11. The summed E-state index contributed by atoms with van der Waals surface area (Å²) in [6.45, 7) is 0.141. The maximum absolute atomic E-state index is 15.5. The topological polar surface area (TPSA) is 127 Å². The molecule has 0 aliphatic heterocycles. The number of pyridine rings is 1. The monoisotopic (exact) mass is 577 g/mol. The second-order valence-electron chi connectivity index (χ2n) is 9.64. The molecule has 3 heterocycles. The number of hydrogen-bond donors (Lipinski definition) is 1. The van der Waals surface area contributed by atoms with Gasteiger partial charge in [-0.05, 0) is 48.0 Å². The molecular formula is C32H21F2N5O4. The lowest BCUT2D eigenvalue weighted by molar-refractivity contribution is 0.0697. The zero-order valence-corrected chi connectivity index (χ0v) is 22.4. The Morgan fingerprint density at radius 1 is 1.00 bits per heavy atom. The second kappa shape index (κ2) is 11.5. The van der Waals surface area contributed by atoms with E-state index in [9.17, 15) is 14.3 Å². The number of carboxylic acids is 1. The van der Waals surface area contributed by atoms with E-state index in [4.69, 9.17) is 14.4 Å². The minimum Gasteiger partial charge on any atom is -0.478 e. The van der Waals surface area contributed by atoms with E-state index >= 15 is 4.39 Å². The minimum absolute atomic E-state index is 0.0929. The molecule has 0 aliphatic carbocycles. The number of nitrogens with zero attached hydrogens (tertiary/aromatic N) is 5. The summed E-state index contributed by atoms with van der Waals surface area (Å²) in [4.78, 5) is 24.6. The van der Waals surface area contributed by atoms with Gasteiger partial charge in [0.15, 0.2) is 6.39 Å². The zero-order valence-electron chi connectivity index (χ0n) is 22.4. The number of fused-ring (bicyclic) bond motifs is 1. The van der Waals surface area contributed by atoms with E-state index in [1.54, 1.807) is 47.2 Å². The number of carbonyl (C=O) groups is 1. The van der Waals surface area contributed by atoms with Gasteiger partial charge in [-0.1, -0.05) is 24.3 Å². The third-order valence-corrected chi connectivity index (χ3v) is 6.85. The summed E-state index contributed by atoms with van der Waals surface area (Å²) in [6, 6.07) is 20.4. The first-order chi connectivity index (χ1) is 20.9. The van der Waals surface area contributed by atoms with Crippen LogP contribution in [-0.2, 0) is 19.6 Å². The molecule has 0 unspecified atom stereocenters.